The predicted molar refractivity (Wildman–Crippen MR) is 109 cm³/mol. The summed E-state index contributed by atoms with van der Waals surface area (Å²) in [5, 5.41) is 1.77. The number of rotatable bonds is 2. The minimum absolute atomic E-state index is 0.165. The molecule has 0 unspecified atom stereocenters. The first kappa shape index (κ1) is 18.6. The normalized spacial score (nSPS) is 14.9. The van der Waals surface area contributed by atoms with E-state index in [1.54, 1.807) is 6.08 Å². The van der Waals surface area contributed by atoms with Crippen LogP contribution in [0.2, 0.25) is 5.02 Å². The van der Waals surface area contributed by atoms with Gasteiger partial charge in [0.2, 0.25) is 5.91 Å². The number of carbonyl (C=O) groups is 1. The molecule has 0 saturated heterocycles. The number of allylic oxidation sites excluding steroid dienone is 2. The first-order valence-electron chi connectivity index (χ1n) is 8.84. The Hall–Kier alpha value is -2.20. The van der Waals surface area contributed by atoms with Crippen LogP contribution in [-0.4, -0.2) is 22.3 Å². The van der Waals surface area contributed by atoms with Gasteiger partial charge >= 0.3 is 0 Å². The Morgan fingerprint density at radius 2 is 2.12 bits per heavy atom. The molecule has 1 aliphatic heterocycles. The van der Waals surface area contributed by atoms with Crippen LogP contribution in [0.1, 0.15) is 43.2 Å². The highest BCUT2D eigenvalue weighted by Gasteiger charge is 2.32. The number of H-pyrrole nitrogens is 1. The van der Waals surface area contributed by atoms with Crippen molar-refractivity contribution >= 4 is 34.0 Å². The molecule has 1 aromatic carbocycles. The number of nitrogens with two attached hydrogens (primary N) is 1. The molecule has 1 amide bonds. The van der Waals surface area contributed by atoms with Crippen molar-refractivity contribution in [2.24, 2.45) is 11.1 Å². The van der Waals surface area contributed by atoms with Crippen LogP contribution in [0.25, 0.3) is 16.5 Å². The van der Waals surface area contributed by atoms with Gasteiger partial charge in [0, 0.05) is 41.6 Å². The second kappa shape index (κ2) is 6.51. The molecule has 0 radical (unpaired) electrons. The number of amides is 1. The van der Waals surface area contributed by atoms with Crippen LogP contribution in [0, 0.1) is 12.3 Å². The molecule has 0 spiro atoms. The maximum absolute atomic E-state index is 12.8. The SMILES string of the molecule is C=C(/C=C\N)c1cc(C)c(Cl)c2[nH]c3c(c12)CN(C(=O)C(C)(C)C)CC3. The van der Waals surface area contributed by atoms with Crippen LogP contribution in [0.5, 0.6) is 0 Å². The molecule has 2 heterocycles. The molecule has 0 atom stereocenters. The molecule has 2 aromatic rings. The van der Waals surface area contributed by atoms with E-state index < -0.39 is 5.41 Å². The lowest BCUT2D eigenvalue weighted by Gasteiger charge is -2.32. The van der Waals surface area contributed by atoms with Crippen molar-refractivity contribution in [3.05, 3.63) is 52.3 Å². The molecule has 0 saturated carbocycles. The fourth-order valence-corrected chi connectivity index (χ4v) is 3.81. The quantitative estimate of drug-likeness (QED) is 0.761. The van der Waals surface area contributed by atoms with E-state index in [-0.39, 0.29) is 5.91 Å². The molecule has 0 aliphatic carbocycles. The Kier molecular flexibility index (Phi) is 4.65. The van der Waals surface area contributed by atoms with Crippen molar-refractivity contribution in [2.45, 2.75) is 40.7 Å². The monoisotopic (exact) mass is 371 g/mol. The Labute approximate surface area is 159 Å². The van der Waals surface area contributed by atoms with Crippen LogP contribution in [0.4, 0.5) is 0 Å². The van der Waals surface area contributed by atoms with Gasteiger partial charge < -0.3 is 15.6 Å². The summed E-state index contributed by atoms with van der Waals surface area (Å²) < 4.78 is 0. The van der Waals surface area contributed by atoms with Gasteiger partial charge in [-0.25, -0.2) is 0 Å². The first-order valence-corrected chi connectivity index (χ1v) is 9.22. The zero-order valence-electron chi connectivity index (χ0n) is 15.9. The molecular weight excluding hydrogens is 346 g/mol. The summed E-state index contributed by atoms with van der Waals surface area (Å²) in [6, 6.07) is 2.05. The van der Waals surface area contributed by atoms with Gasteiger partial charge in [-0.1, -0.05) is 39.0 Å². The lowest BCUT2D eigenvalue weighted by molar-refractivity contribution is -0.140. The van der Waals surface area contributed by atoms with E-state index in [0.29, 0.717) is 13.1 Å². The van der Waals surface area contributed by atoms with Crippen LogP contribution < -0.4 is 5.73 Å². The molecule has 3 rings (SSSR count). The fraction of sp³-hybridized carbons (Fsp3) is 0.381. The lowest BCUT2D eigenvalue weighted by atomic mass is 9.91. The number of hydrogen-bond donors (Lipinski definition) is 2. The van der Waals surface area contributed by atoms with Gasteiger partial charge in [0.15, 0.2) is 0 Å². The highest BCUT2D eigenvalue weighted by molar-refractivity contribution is 6.36. The van der Waals surface area contributed by atoms with Gasteiger partial charge in [-0.05, 0) is 42.0 Å². The van der Waals surface area contributed by atoms with Crippen molar-refractivity contribution in [2.75, 3.05) is 6.54 Å². The van der Waals surface area contributed by atoms with Crippen molar-refractivity contribution in [1.29, 1.82) is 0 Å². The number of aryl methyl sites for hydroxylation is 1. The molecule has 4 nitrogen and oxygen atoms in total. The lowest BCUT2D eigenvalue weighted by Crippen LogP contribution is -2.42. The van der Waals surface area contributed by atoms with Gasteiger partial charge in [0.1, 0.15) is 0 Å². The third kappa shape index (κ3) is 3.03. The second-order valence-corrected chi connectivity index (χ2v) is 8.38. The number of hydrogen-bond acceptors (Lipinski definition) is 2. The Morgan fingerprint density at radius 3 is 2.73 bits per heavy atom. The van der Waals surface area contributed by atoms with Crippen LogP contribution in [0.3, 0.4) is 0 Å². The van der Waals surface area contributed by atoms with E-state index in [1.165, 1.54) is 6.20 Å². The molecule has 0 fully saturated rings. The van der Waals surface area contributed by atoms with Crippen molar-refractivity contribution in [3.63, 3.8) is 0 Å². The highest BCUT2D eigenvalue weighted by Crippen LogP contribution is 2.39. The Balaban J connectivity index is 2.19. The number of nitrogens with zero attached hydrogens (tertiary/aromatic N) is 1. The number of aromatic nitrogens is 1. The van der Waals surface area contributed by atoms with Gasteiger partial charge in [0.25, 0.3) is 0 Å². The average molecular weight is 372 g/mol. The smallest absolute Gasteiger partial charge is 0.228 e. The largest absolute Gasteiger partial charge is 0.405 e. The van der Waals surface area contributed by atoms with Crippen molar-refractivity contribution in [1.82, 2.24) is 9.88 Å². The minimum atomic E-state index is -0.396. The van der Waals surface area contributed by atoms with E-state index in [9.17, 15) is 4.79 Å². The van der Waals surface area contributed by atoms with E-state index in [1.807, 2.05) is 38.7 Å². The summed E-state index contributed by atoms with van der Waals surface area (Å²) in [6.45, 7) is 13.3. The van der Waals surface area contributed by atoms with Gasteiger partial charge in [-0.15, -0.1) is 0 Å². The van der Waals surface area contributed by atoms with Crippen LogP contribution >= 0.6 is 11.6 Å². The summed E-state index contributed by atoms with van der Waals surface area (Å²) in [6.07, 6.45) is 4.08. The summed E-state index contributed by atoms with van der Waals surface area (Å²) in [7, 11) is 0. The zero-order valence-corrected chi connectivity index (χ0v) is 16.6. The molecule has 0 bridgehead atoms. The Bertz CT molecular complexity index is 931. The third-order valence-corrected chi connectivity index (χ3v) is 5.43. The first-order chi connectivity index (χ1) is 12.1. The van der Waals surface area contributed by atoms with Crippen LogP contribution in [0.15, 0.2) is 24.9 Å². The molecule has 5 heteroatoms. The fourth-order valence-electron chi connectivity index (χ4n) is 3.61. The zero-order chi connectivity index (χ0) is 19.2. The van der Waals surface area contributed by atoms with Crippen molar-refractivity contribution in [3.8, 4) is 0 Å². The maximum Gasteiger partial charge on any atom is 0.228 e. The second-order valence-electron chi connectivity index (χ2n) is 8.00. The standard InChI is InChI=1S/C21H26ClN3O/c1-12(6-8-23)14-10-13(2)18(22)19-17(14)15-11-25(9-7-16(15)24-19)20(26)21(3,4)5/h6,8,10,24H,1,7,9,11,23H2,2-5H3/b8-6-. The number of nitrogens with one attached hydrogen (secondary N) is 1. The summed E-state index contributed by atoms with van der Waals surface area (Å²) in [5.74, 6) is 0.165. The number of fused-ring (bicyclic) bond motifs is 3. The predicted octanol–water partition coefficient (Wildman–Crippen LogP) is 4.55. The van der Waals surface area contributed by atoms with Gasteiger partial charge in [-0.2, -0.15) is 0 Å². The molecular formula is C21H26ClN3O. The summed E-state index contributed by atoms with van der Waals surface area (Å²) in [5.41, 5.74) is 11.2. The maximum atomic E-state index is 12.8. The molecule has 3 N–H and O–H groups in total. The number of benzene rings is 1. The number of aromatic amines is 1. The van der Waals surface area contributed by atoms with Crippen LogP contribution in [-0.2, 0) is 17.8 Å². The highest BCUT2D eigenvalue weighted by atomic mass is 35.5. The van der Waals surface area contributed by atoms with E-state index in [2.05, 4.69) is 11.6 Å². The van der Waals surface area contributed by atoms with E-state index in [0.717, 1.165) is 50.3 Å². The minimum Gasteiger partial charge on any atom is -0.405 e. The molecule has 1 aromatic heterocycles. The molecule has 26 heavy (non-hydrogen) atoms. The molecule has 138 valence electrons. The van der Waals surface area contributed by atoms with Gasteiger partial charge in [0.05, 0.1) is 10.5 Å². The topological polar surface area (TPSA) is 62.1 Å². The summed E-state index contributed by atoms with van der Waals surface area (Å²) >= 11 is 6.59. The number of carbonyl (C=O) groups excluding carboxylic acids is 1. The van der Waals surface area contributed by atoms with E-state index in [4.69, 9.17) is 17.3 Å². The molecule has 1 aliphatic rings. The number of halogens is 1. The van der Waals surface area contributed by atoms with Crippen molar-refractivity contribution < 1.29 is 4.79 Å². The summed E-state index contributed by atoms with van der Waals surface area (Å²) in [4.78, 5) is 18.2. The Morgan fingerprint density at radius 1 is 1.42 bits per heavy atom. The van der Waals surface area contributed by atoms with E-state index >= 15 is 0 Å². The third-order valence-electron chi connectivity index (χ3n) is 4.94. The average Bonchev–Trinajstić information content (AvgIpc) is 2.95. The van der Waals surface area contributed by atoms with Gasteiger partial charge in [-0.3, -0.25) is 4.79 Å².